The minimum absolute atomic E-state index is 0.106. The maximum absolute atomic E-state index is 13.5. The summed E-state index contributed by atoms with van der Waals surface area (Å²) < 4.78 is 8.49. The highest BCUT2D eigenvalue weighted by molar-refractivity contribution is 6.14. The summed E-state index contributed by atoms with van der Waals surface area (Å²) >= 11 is 0. The molecule has 0 saturated carbocycles. The first-order chi connectivity index (χ1) is 16.9. The highest BCUT2D eigenvalue weighted by Gasteiger charge is 2.21. The smallest absolute Gasteiger partial charge is 0.274 e. The van der Waals surface area contributed by atoms with Crippen molar-refractivity contribution in [2.24, 2.45) is 14.1 Å². The van der Waals surface area contributed by atoms with Gasteiger partial charge in [0.15, 0.2) is 5.69 Å². The van der Waals surface area contributed by atoms with Crippen LogP contribution in [0.25, 0.3) is 22.2 Å². The van der Waals surface area contributed by atoms with E-state index in [4.69, 9.17) is 9.40 Å². The zero-order chi connectivity index (χ0) is 24.5. The van der Waals surface area contributed by atoms with Gasteiger partial charge in [-0.25, -0.2) is 4.98 Å². The second kappa shape index (κ2) is 8.90. The Balaban J connectivity index is 1.47. The fraction of sp³-hybridized carbons (Fsp3) is 0.160. The number of nitrogens with zero attached hydrogens (tertiary/aromatic N) is 5. The number of hydrogen-bond acceptors (Lipinski definition) is 6. The van der Waals surface area contributed by atoms with E-state index in [0.29, 0.717) is 33.6 Å². The molecule has 5 rings (SSSR count). The van der Waals surface area contributed by atoms with E-state index < -0.39 is 5.91 Å². The maximum atomic E-state index is 13.5. The number of hydrogen-bond donors (Lipinski definition) is 2. The van der Waals surface area contributed by atoms with Gasteiger partial charge in [0.2, 0.25) is 0 Å². The average molecular weight is 470 g/mol. The SMILES string of the molecule is Cc1c(-c2cc(C(=O)Nc3cn(C)nc3C(=O)NCc3ccco3)c3ccccc3n2)cnn1C. The Morgan fingerprint density at radius 1 is 1.09 bits per heavy atom. The molecule has 1 aromatic carbocycles. The Bertz CT molecular complexity index is 1550. The van der Waals surface area contributed by atoms with Crippen LogP contribution in [0.1, 0.15) is 32.3 Å². The molecule has 5 aromatic rings. The molecule has 4 aromatic heterocycles. The molecule has 10 nitrogen and oxygen atoms in total. The first-order valence-corrected chi connectivity index (χ1v) is 10.9. The fourth-order valence-electron chi connectivity index (χ4n) is 3.85. The molecule has 0 unspecified atom stereocenters. The van der Waals surface area contributed by atoms with Crippen LogP contribution in [0.4, 0.5) is 5.69 Å². The summed E-state index contributed by atoms with van der Waals surface area (Å²) in [6.45, 7) is 2.15. The number of carbonyl (C=O) groups is 2. The van der Waals surface area contributed by atoms with Crippen LogP contribution in [0.3, 0.4) is 0 Å². The summed E-state index contributed by atoms with van der Waals surface area (Å²) in [6.07, 6.45) is 4.86. The Kier molecular flexibility index (Phi) is 5.61. The molecule has 2 amide bonds. The molecule has 35 heavy (non-hydrogen) atoms. The first-order valence-electron chi connectivity index (χ1n) is 10.9. The number of fused-ring (bicyclic) bond motifs is 1. The second-order valence-electron chi connectivity index (χ2n) is 8.12. The summed E-state index contributed by atoms with van der Waals surface area (Å²) in [5, 5.41) is 14.8. The molecule has 0 bridgehead atoms. The number of carbonyl (C=O) groups excluding carboxylic acids is 2. The van der Waals surface area contributed by atoms with Crippen LogP contribution in [0, 0.1) is 6.92 Å². The van der Waals surface area contributed by atoms with E-state index in [1.165, 1.54) is 10.9 Å². The van der Waals surface area contributed by atoms with E-state index in [2.05, 4.69) is 20.8 Å². The van der Waals surface area contributed by atoms with Gasteiger partial charge in [0.25, 0.3) is 11.8 Å². The van der Waals surface area contributed by atoms with E-state index in [1.807, 2.05) is 38.2 Å². The van der Waals surface area contributed by atoms with Crippen molar-refractivity contribution < 1.29 is 14.0 Å². The largest absolute Gasteiger partial charge is 0.467 e. The number of furan rings is 1. The number of aryl methyl sites for hydroxylation is 2. The molecular weight excluding hydrogens is 446 g/mol. The maximum Gasteiger partial charge on any atom is 0.274 e. The van der Waals surface area contributed by atoms with Crippen LogP contribution in [0.5, 0.6) is 0 Å². The topological polar surface area (TPSA) is 120 Å². The van der Waals surface area contributed by atoms with Gasteiger partial charge in [0.05, 0.1) is 41.5 Å². The van der Waals surface area contributed by atoms with Gasteiger partial charge in [-0.1, -0.05) is 18.2 Å². The molecule has 0 saturated heterocycles. The lowest BCUT2D eigenvalue weighted by molar-refractivity contribution is 0.0943. The average Bonchev–Trinajstić information content (AvgIpc) is 3.58. The number of nitrogens with one attached hydrogen (secondary N) is 2. The van der Waals surface area contributed by atoms with E-state index in [9.17, 15) is 9.59 Å². The van der Waals surface area contributed by atoms with Crippen molar-refractivity contribution in [3.8, 4) is 11.3 Å². The predicted octanol–water partition coefficient (Wildman–Crippen LogP) is 3.45. The Hall–Kier alpha value is -4.73. The van der Waals surface area contributed by atoms with Crippen LogP contribution in [0.15, 0.2) is 65.5 Å². The first kappa shape index (κ1) is 22.1. The third-order valence-corrected chi connectivity index (χ3v) is 5.77. The summed E-state index contributed by atoms with van der Waals surface area (Å²) in [5.74, 6) is -0.190. The van der Waals surface area contributed by atoms with Gasteiger partial charge in [0.1, 0.15) is 5.76 Å². The lowest BCUT2D eigenvalue weighted by Gasteiger charge is -2.10. The van der Waals surface area contributed by atoms with Crippen molar-refractivity contribution in [1.82, 2.24) is 29.9 Å². The minimum Gasteiger partial charge on any atom is -0.467 e. The normalized spacial score (nSPS) is 11.1. The highest BCUT2D eigenvalue weighted by Crippen LogP contribution is 2.27. The molecule has 0 spiro atoms. The fourth-order valence-corrected chi connectivity index (χ4v) is 3.85. The number of rotatable bonds is 6. The van der Waals surface area contributed by atoms with Crippen LogP contribution in [-0.4, -0.2) is 36.4 Å². The number of amides is 2. The summed E-state index contributed by atoms with van der Waals surface area (Å²) in [4.78, 5) is 31.0. The van der Waals surface area contributed by atoms with E-state index in [-0.39, 0.29) is 18.1 Å². The van der Waals surface area contributed by atoms with Gasteiger partial charge >= 0.3 is 0 Å². The predicted molar refractivity (Wildman–Crippen MR) is 130 cm³/mol. The van der Waals surface area contributed by atoms with Crippen molar-refractivity contribution >= 4 is 28.4 Å². The van der Waals surface area contributed by atoms with Gasteiger partial charge in [-0.05, 0) is 31.2 Å². The quantitative estimate of drug-likeness (QED) is 0.393. The molecule has 0 atom stereocenters. The van der Waals surface area contributed by atoms with Crippen molar-refractivity contribution in [3.63, 3.8) is 0 Å². The van der Waals surface area contributed by atoms with Gasteiger partial charge in [0, 0.05) is 36.9 Å². The summed E-state index contributed by atoms with van der Waals surface area (Å²) in [5.41, 5.74) is 3.93. The highest BCUT2D eigenvalue weighted by atomic mass is 16.3. The number of aromatic nitrogens is 5. The number of pyridine rings is 1. The van der Waals surface area contributed by atoms with Crippen molar-refractivity contribution in [1.29, 1.82) is 0 Å². The van der Waals surface area contributed by atoms with E-state index in [0.717, 1.165) is 11.3 Å². The van der Waals surface area contributed by atoms with Crippen LogP contribution in [0.2, 0.25) is 0 Å². The molecular formula is C25H23N7O3. The van der Waals surface area contributed by atoms with Crippen molar-refractivity contribution in [2.45, 2.75) is 13.5 Å². The van der Waals surface area contributed by atoms with Gasteiger partial charge in [-0.3, -0.25) is 19.0 Å². The minimum atomic E-state index is -0.427. The molecule has 0 aliphatic carbocycles. The van der Waals surface area contributed by atoms with E-state index >= 15 is 0 Å². The Morgan fingerprint density at radius 2 is 1.91 bits per heavy atom. The van der Waals surface area contributed by atoms with Crippen molar-refractivity contribution in [3.05, 3.63) is 83.8 Å². The summed E-state index contributed by atoms with van der Waals surface area (Å²) in [6, 6.07) is 12.7. The van der Waals surface area contributed by atoms with Gasteiger partial charge in [-0.2, -0.15) is 10.2 Å². The van der Waals surface area contributed by atoms with E-state index in [1.54, 1.807) is 42.3 Å². The number of benzene rings is 1. The lowest BCUT2D eigenvalue weighted by Crippen LogP contribution is -2.25. The monoisotopic (exact) mass is 469 g/mol. The zero-order valence-electron chi connectivity index (χ0n) is 19.4. The van der Waals surface area contributed by atoms with Crippen LogP contribution < -0.4 is 10.6 Å². The summed E-state index contributed by atoms with van der Waals surface area (Å²) in [7, 11) is 3.54. The third-order valence-electron chi connectivity index (χ3n) is 5.77. The molecule has 4 heterocycles. The van der Waals surface area contributed by atoms with Gasteiger partial charge < -0.3 is 15.1 Å². The molecule has 10 heteroatoms. The third kappa shape index (κ3) is 4.29. The zero-order valence-corrected chi connectivity index (χ0v) is 19.4. The molecule has 0 aliphatic rings. The van der Waals surface area contributed by atoms with Crippen LogP contribution >= 0.6 is 0 Å². The lowest BCUT2D eigenvalue weighted by atomic mass is 10.0. The van der Waals surface area contributed by atoms with Crippen molar-refractivity contribution in [2.75, 3.05) is 5.32 Å². The Morgan fingerprint density at radius 3 is 2.66 bits per heavy atom. The Labute approximate surface area is 200 Å². The van der Waals surface area contributed by atoms with Crippen LogP contribution in [-0.2, 0) is 20.6 Å². The standard InChI is InChI=1S/C25H23N7O3/c1-15-19(13-27-32(15)3)21-11-18(17-8-4-5-9-20(17)28-21)24(33)29-22-14-31(2)30-23(22)25(34)26-12-16-7-6-10-35-16/h4-11,13-14H,12H2,1-3H3,(H,26,34)(H,29,33). The number of anilines is 1. The number of para-hydroxylation sites is 1. The molecule has 176 valence electrons. The van der Waals surface area contributed by atoms with Gasteiger partial charge in [-0.15, -0.1) is 0 Å². The molecule has 0 fully saturated rings. The molecule has 2 N–H and O–H groups in total. The second-order valence-corrected chi connectivity index (χ2v) is 8.12. The molecule has 0 aliphatic heterocycles. The molecule has 0 radical (unpaired) electrons.